The van der Waals surface area contributed by atoms with Crippen LogP contribution in [0.3, 0.4) is 0 Å². The molecule has 0 aliphatic carbocycles. The Morgan fingerprint density at radius 1 is 1.27 bits per heavy atom. The van der Waals surface area contributed by atoms with Crippen LogP contribution >= 0.6 is 0 Å². The first kappa shape index (κ1) is 13.9. The van der Waals surface area contributed by atoms with Crippen molar-refractivity contribution in [3.8, 4) is 0 Å². The molecule has 0 saturated carbocycles. The molecular weight excluding hydrogens is 196 g/mol. The zero-order valence-corrected chi connectivity index (χ0v) is 9.92. The molecule has 3 N–H and O–H groups in total. The van der Waals surface area contributed by atoms with Gasteiger partial charge in [0.25, 0.3) is 0 Å². The number of aliphatic hydroxyl groups excluding tert-OH is 1. The van der Waals surface area contributed by atoms with Crippen LogP contribution in [0.25, 0.3) is 0 Å². The lowest BCUT2D eigenvalue weighted by Gasteiger charge is -2.30. The number of hydrogen-bond acceptors (Lipinski definition) is 3. The second-order valence-electron chi connectivity index (χ2n) is 4.31. The highest BCUT2D eigenvalue weighted by Gasteiger charge is 2.28. The molecule has 0 bridgehead atoms. The van der Waals surface area contributed by atoms with Crippen molar-refractivity contribution in [1.29, 1.82) is 0 Å². The van der Waals surface area contributed by atoms with Gasteiger partial charge in [0.15, 0.2) is 0 Å². The van der Waals surface area contributed by atoms with E-state index >= 15 is 0 Å². The molecule has 0 aromatic carbocycles. The van der Waals surface area contributed by atoms with E-state index in [0.29, 0.717) is 0 Å². The normalized spacial score (nSPS) is 15.3. The number of carbonyl (C=O) groups is 2. The molecule has 0 aliphatic rings. The molecule has 2 atom stereocenters. The molecule has 0 radical (unpaired) electrons. The minimum absolute atomic E-state index is 0.257. The quantitative estimate of drug-likeness (QED) is 0.608. The molecule has 0 aliphatic heterocycles. The molecule has 2 unspecified atom stereocenters. The summed E-state index contributed by atoms with van der Waals surface area (Å²) in [6.07, 6.45) is -0.661. The van der Waals surface area contributed by atoms with E-state index in [9.17, 15) is 14.7 Å². The first-order valence-electron chi connectivity index (χ1n) is 4.94. The second kappa shape index (κ2) is 5.11. The van der Waals surface area contributed by atoms with E-state index < -0.39 is 17.7 Å². The third-order valence-corrected chi connectivity index (χ3v) is 2.30. The molecule has 5 heteroatoms. The average Bonchev–Trinajstić information content (AvgIpc) is 2.01. The fourth-order valence-corrected chi connectivity index (χ4v) is 0.901. The van der Waals surface area contributed by atoms with Gasteiger partial charge in [-0.2, -0.15) is 0 Å². The summed E-state index contributed by atoms with van der Waals surface area (Å²) in [5, 5.41) is 14.5. The van der Waals surface area contributed by atoms with Gasteiger partial charge in [0.2, 0.25) is 11.8 Å². The number of amides is 2. The minimum Gasteiger partial charge on any atom is -0.391 e. The first-order valence-corrected chi connectivity index (χ1v) is 4.94. The van der Waals surface area contributed by atoms with Gasteiger partial charge >= 0.3 is 0 Å². The van der Waals surface area contributed by atoms with E-state index in [2.05, 4.69) is 10.6 Å². The summed E-state index contributed by atoms with van der Waals surface area (Å²) in [5.41, 5.74) is -0.705. The summed E-state index contributed by atoms with van der Waals surface area (Å²) < 4.78 is 0. The summed E-state index contributed by atoms with van der Waals surface area (Å²) in [6.45, 7) is 7.98. The van der Waals surface area contributed by atoms with Gasteiger partial charge in [0.05, 0.1) is 11.6 Å². The van der Waals surface area contributed by atoms with E-state index in [1.54, 1.807) is 27.7 Å². The first-order chi connectivity index (χ1) is 6.66. The monoisotopic (exact) mass is 216 g/mol. The highest BCUT2D eigenvalue weighted by molar-refractivity contribution is 5.86. The molecule has 0 spiro atoms. The zero-order valence-electron chi connectivity index (χ0n) is 9.92. The van der Waals surface area contributed by atoms with Crippen molar-refractivity contribution in [2.75, 3.05) is 0 Å². The van der Waals surface area contributed by atoms with Crippen LogP contribution in [0.15, 0.2) is 0 Å². The van der Waals surface area contributed by atoms with Gasteiger partial charge < -0.3 is 15.7 Å². The summed E-state index contributed by atoms with van der Waals surface area (Å²) in [4.78, 5) is 22.3. The Kier molecular flexibility index (Phi) is 4.74. The Balaban J connectivity index is 4.30. The molecule has 2 amide bonds. The Hall–Kier alpha value is -1.10. The summed E-state index contributed by atoms with van der Waals surface area (Å²) >= 11 is 0. The molecule has 15 heavy (non-hydrogen) atoms. The van der Waals surface area contributed by atoms with Crippen molar-refractivity contribution in [3.63, 3.8) is 0 Å². The number of nitrogens with one attached hydrogen (secondary N) is 2. The lowest BCUT2D eigenvalue weighted by Crippen LogP contribution is -2.56. The van der Waals surface area contributed by atoms with Gasteiger partial charge in [-0.15, -0.1) is 0 Å². The Labute approximate surface area is 90.2 Å². The van der Waals surface area contributed by atoms with Crippen LogP contribution in [-0.4, -0.2) is 34.6 Å². The number of hydrogen-bond donors (Lipinski definition) is 3. The number of carbonyl (C=O) groups excluding carboxylic acids is 2. The minimum atomic E-state index is -0.705. The van der Waals surface area contributed by atoms with Crippen molar-refractivity contribution in [3.05, 3.63) is 0 Å². The number of rotatable bonds is 4. The molecule has 0 rings (SSSR count). The van der Waals surface area contributed by atoms with E-state index in [-0.39, 0.29) is 11.8 Å². The van der Waals surface area contributed by atoms with Crippen LogP contribution in [-0.2, 0) is 9.59 Å². The van der Waals surface area contributed by atoms with Crippen molar-refractivity contribution in [1.82, 2.24) is 10.6 Å². The van der Waals surface area contributed by atoms with Crippen LogP contribution in [0.1, 0.15) is 34.6 Å². The van der Waals surface area contributed by atoms with Gasteiger partial charge in [-0.25, -0.2) is 0 Å². The lowest BCUT2D eigenvalue weighted by molar-refractivity contribution is -0.129. The summed E-state index contributed by atoms with van der Waals surface area (Å²) in [6, 6.07) is -0.597. The van der Waals surface area contributed by atoms with Crippen molar-refractivity contribution >= 4 is 11.8 Å². The van der Waals surface area contributed by atoms with Crippen LogP contribution in [0, 0.1) is 0 Å². The number of aliphatic hydroxyl groups is 1. The zero-order chi connectivity index (χ0) is 12.2. The average molecular weight is 216 g/mol. The molecule has 0 aromatic heterocycles. The van der Waals surface area contributed by atoms with Gasteiger partial charge in [0.1, 0.15) is 6.04 Å². The molecule has 0 aromatic rings. The highest BCUT2D eigenvalue weighted by Crippen LogP contribution is 2.08. The molecule has 5 nitrogen and oxygen atoms in total. The summed E-state index contributed by atoms with van der Waals surface area (Å²) in [7, 11) is 0. The molecular formula is C10H20N2O3. The maximum absolute atomic E-state index is 11.6. The predicted molar refractivity (Wildman–Crippen MR) is 57.2 cm³/mol. The van der Waals surface area contributed by atoms with E-state index in [4.69, 9.17) is 0 Å². The van der Waals surface area contributed by atoms with Gasteiger partial charge in [-0.3, -0.25) is 9.59 Å². The fourth-order valence-electron chi connectivity index (χ4n) is 0.901. The van der Waals surface area contributed by atoms with Crippen molar-refractivity contribution in [2.24, 2.45) is 0 Å². The Morgan fingerprint density at radius 3 is 2.07 bits per heavy atom. The van der Waals surface area contributed by atoms with Crippen LogP contribution in [0.2, 0.25) is 0 Å². The van der Waals surface area contributed by atoms with E-state index in [1.807, 2.05) is 0 Å². The van der Waals surface area contributed by atoms with Crippen LogP contribution < -0.4 is 10.6 Å². The molecule has 0 heterocycles. The van der Waals surface area contributed by atoms with Crippen molar-refractivity contribution in [2.45, 2.75) is 52.3 Å². The van der Waals surface area contributed by atoms with Crippen LogP contribution in [0.4, 0.5) is 0 Å². The molecule has 0 saturated heterocycles. The topological polar surface area (TPSA) is 78.4 Å². The third kappa shape index (κ3) is 4.78. The standard InChI is InChI=1S/C10H20N2O3/c1-6(11-8(3)14)9(15)12-10(4,5)7(2)13/h6-7,13H,1-5H3,(H,11,14)(H,12,15). The maximum atomic E-state index is 11.6. The predicted octanol–water partition coefficient (Wildman–Crippen LogP) is -0.213. The van der Waals surface area contributed by atoms with Gasteiger partial charge in [-0.1, -0.05) is 0 Å². The highest BCUT2D eigenvalue weighted by atomic mass is 16.3. The lowest BCUT2D eigenvalue weighted by atomic mass is 9.98. The van der Waals surface area contributed by atoms with Crippen LogP contribution in [0.5, 0.6) is 0 Å². The molecule has 0 fully saturated rings. The Bertz CT molecular complexity index is 249. The van der Waals surface area contributed by atoms with E-state index in [1.165, 1.54) is 6.92 Å². The van der Waals surface area contributed by atoms with Gasteiger partial charge in [-0.05, 0) is 27.7 Å². The largest absolute Gasteiger partial charge is 0.391 e. The Morgan fingerprint density at radius 2 is 1.73 bits per heavy atom. The summed E-state index contributed by atoms with van der Waals surface area (Å²) in [5.74, 6) is -0.566. The third-order valence-electron chi connectivity index (χ3n) is 2.30. The second-order valence-corrected chi connectivity index (χ2v) is 4.31. The SMILES string of the molecule is CC(=O)NC(C)C(=O)NC(C)(C)C(C)O. The van der Waals surface area contributed by atoms with E-state index in [0.717, 1.165) is 0 Å². The van der Waals surface area contributed by atoms with Gasteiger partial charge in [0, 0.05) is 6.92 Å². The fraction of sp³-hybridized carbons (Fsp3) is 0.800. The maximum Gasteiger partial charge on any atom is 0.242 e. The smallest absolute Gasteiger partial charge is 0.242 e. The molecule has 88 valence electrons. The van der Waals surface area contributed by atoms with Crippen molar-refractivity contribution < 1.29 is 14.7 Å².